The molecular weight excluding hydrogens is 192 g/mol. The number of nitrogens with zero attached hydrogens (tertiary/aromatic N) is 3. The Morgan fingerprint density at radius 3 is 2.87 bits per heavy atom. The van der Waals surface area contributed by atoms with Crippen LogP contribution in [-0.2, 0) is 18.4 Å². The predicted octanol–water partition coefficient (Wildman–Crippen LogP) is -0.0120. The first kappa shape index (κ1) is 11.7. The van der Waals surface area contributed by atoms with E-state index in [1.165, 1.54) is 0 Å². The summed E-state index contributed by atoms with van der Waals surface area (Å²) in [5, 5.41) is 3.21. The number of aromatic nitrogens is 2. The molecule has 1 N–H and O–H groups in total. The SMILES string of the molecule is CN(C)C(=O)CCNCc1cncn1C. The highest BCUT2D eigenvalue weighted by Crippen LogP contribution is 1.95. The van der Waals surface area contributed by atoms with E-state index in [0.717, 1.165) is 12.2 Å². The van der Waals surface area contributed by atoms with Crippen LogP contribution < -0.4 is 5.32 Å². The first-order valence-electron chi connectivity index (χ1n) is 4.97. The van der Waals surface area contributed by atoms with E-state index in [2.05, 4.69) is 10.3 Å². The molecule has 1 heterocycles. The van der Waals surface area contributed by atoms with Crippen molar-refractivity contribution in [2.75, 3.05) is 20.6 Å². The number of amides is 1. The van der Waals surface area contributed by atoms with Gasteiger partial charge in [-0.1, -0.05) is 0 Å². The molecule has 1 amide bonds. The summed E-state index contributed by atoms with van der Waals surface area (Å²) in [6.07, 6.45) is 4.12. The maximum Gasteiger partial charge on any atom is 0.223 e. The maximum absolute atomic E-state index is 11.2. The van der Waals surface area contributed by atoms with Gasteiger partial charge in [0.25, 0.3) is 0 Å². The van der Waals surface area contributed by atoms with Gasteiger partial charge >= 0.3 is 0 Å². The number of hydrogen-bond acceptors (Lipinski definition) is 3. The quantitative estimate of drug-likeness (QED) is 0.695. The van der Waals surface area contributed by atoms with Crippen LogP contribution in [0.2, 0.25) is 0 Å². The van der Waals surface area contributed by atoms with E-state index in [9.17, 15) is 4.79 Å². The Morgan fingerprint density at radius 2 is 2.33 bits per heavy atom. The average Bonchev–Trinajstić information content (AvgIpc) is 2.58. The van der Waals surface area contributed by atoms with E-state index < -0.39 is 0 Å². The highest BCUT2D eigenvalue weighted by Gasteiger charge is 2.03. The summed E-state index contributed by atoms with van der Waals surface area (Å²) in [7, 11) is 5.49. The molecule has 0 aliphatic rings. The molecule has 15 heavy (non-hydrogen) atoms. The molecule has 5 heteroatoms. The van der Waals surface area contributed by atoms with Crippen LogP contribution in [0.5, 0.6) is 0 Å². The molecule has 0 radical (unpaired) electrons. The number of nitrogens with one attached hydrogen (secondary N) is 1. The summed E-state index contributed by atoms with van der Waals surface area (Å²) >= 11 is 0. The molecular formula is C10H18N4O. The molecule has 0 aromatic carbocycles. The Morgan fingerprint density at radius 1 is 1.60 bits per heavy atom. The molecule has 1 aromatic heterocycles. The van der Waals surface area contributed by atoms with Gasteiger partial charge in [-0.25, -0.2) is 4.98 Å². The van der Waals surface area contributed by atoms with Crippen molar-refractivity contribution in [2.45, 2.75) is 13.0 Å². The Balaban J connectivity index is 2.18. The maximum atomic E-state index is 11.2. The highest BCUT2D eigenvalue weighted by molar-refractivity contribution is 5.75. The first-order chi connectivity index (χ1) is 7.11. The number of hydrogen-bond donors (Lipinski definition) is 1. The van der Waals surface area contributed by atoms with Gasteiger partial charge in [-0.05, 0) is 0 Å². The lowest BCUT2D eigenvalue weighted by Crippen LogP contribution is -2.26. The van der Waals surface area contributed by atoms with Crippen LogP contribution in [0.4, 0.5) is 0 Å². The van der Waals surface area contributed by atoms with Crippen molar-refractivity contribution in [2.24, 2.45) is 7.05 Å². The zero-order valence-electron chi connectivity index (χ0n) is 9.53. The van der Waals surface area contributed by atoms with Gasteiger partial charge in [0.2, 0.25) is 5.91 Å². The van der Waals surface area contributed by atoms with Crippen LogP contribution in [0.15, 0.2) is 12.5 Å². The first-order valence-corrected chi connectivity index (χ1v) is 4.97. The fraction of sp³-hybridized carbons (Fsp3) is 0.600. The Hall–Kier alpha value is -1.36. The molecule has 0 bridgehead atoms. The van der Waals surface area contributed by atoms with Crippen molar-refractivity contribution in [3.8, 4) is 0 Å². The second-order valence-corrected chi connectivity index (χ2v) is 3.71. The Bertz CT molecular complexity index is 319. The molecule has 0 aliphatic carbocycles. The van der Waals surface area contributed by atoms with Crippen molar-refractivity contribution >= 4 is 5.91 Å². The van der Waals surface area contributed by atoms with Crippen molar-refractivity contribution in [1.29, 1.82) is 0 Å². The van der Waals surface area contributed by atoms with Crippen LogP contribution in [0.3, 0.4) is 0 Å². The van der Waals surface area contributed by atoms with Crippen molar-refractivity contribution in [3.05, 3.63) is 18.2 Å². The van der Waals surface area contributed by atoms with Crippen molar-refractivity contribution < 1.29 is 4.79 Å². The largest absolute Gasteiger partial charge is 0.349 e. The normalized spacial score (nSPS) is 10.3. The molecule has 0 spiro atoms. The molecule has 1 rings (SSSR count). The smallest absolute Gasteiger partial charge is 0.223 e. The fourth-order valence-electron chi connectivity index (χ4n) is 1.19. The number of carbonyl (C=O) groups excluding carboxylic acids is 1. The van der Waals surface area contributed by atoms with Crippen LogP contribution in [0, 0.1) is 0 Å². The minimum atomic E-state index is 0.146. The van der Waals surface area contributed by atoms with Gasteiger partial charge < -0.3 is 14.8 Å². The van der Waals surface area contributed by atoms with Crippen molar-refractivity contribution in [3.63, 3.8) is 0 Å². The van der Waals surface area contributed by atoms with Gasteiger partial charge in [0.15, 0.2) is 0 Å². The minimum Gasteiger partial charge on any atom is -0.349 e. The third kappa shape index (κ3) is 3.71. The van der Waals surface area contributed by atoms with Gasteiger partial charge in [-0.2, -0.15) is 0 Å². The number of imidazole rings is 1. The second kappa shape index (κ2) is 5.50. The predicted molar refractivity (Wildman–Crippen MR) is 58.2 cm³/mol. The van der Waals surface area contributed by atoms with E-state index in [1.54, 1.807) is 25.3 Å². The topological polar surface area (TPSA) is 50.2 Å². The molecule has 0 saturated heterocycles. The van der Waals surface area contributed by atoms with E-state index in [-0.39, 0.29) is 5.91 Å². The summed E-state index contributed by atoms with van der Waals surface area (Å²) in [6.45, 7) is 1.44. The second-order valence-electron chi connectivity index (χ2n) is 3.71. The Labute approximate surface area is 90.1 Å². The molecule has 0 fully saturated rings. The minimum absolute atomic E-state index is 0.146. The summed E-state index contributed by atoms with van der Waals surface area (Å²) in [5.74, 6) is 0.146. The van der Waals surface area contributed by atoms with Crippen molar-refractivity contribution in [1.82, 2.24) is 19.8 Å². The third-order valence-electron chi connectivity index (χ3n) is 2.24. The van der Waals surface area contributed by atoms with Gasteiger partial charge in [0, 0.05) is 46.9 Å². The third-order valence-corrected chi connectivity index (χ3v) is 2.24. The average molecular weight is 210 g/mol. The van der Waals surface area contributed by atoms with Crippen LogP contribution >= 0.6 is 0 Å². The Kier molecular flexibility index (Phi) is 4.30. The standard InChI is InChI=1S/C10H18N4O/c1-13(2)10(15)4-5-11-6-9-7-12-8-14(9)3/h7-8,11H,4-6H2,1-3H3. The summed E-state index contributed by atoms with van der Waals surface area (Å²) in [5.41, 5.74) is 1.12. The monoisotopic (exact) mass is 210 g/mol. The molecule has 0 unspecified atom stereocenters. The van der Waals surface area contributed by atoms with Gasteiger partial charge in [-0.3, -0.25) is 4.79 Å². The lowest BCUT2D eigenvalue weighted by Gasteiger charge is -2.10. The van der Waals surface area contributed by atoms with E-state index >= 15 is 0 Å². The van der Waals surface area contributed by atoms with Crippen LogP contribution in [0.25, 0.3) is 0 Å². The number of carbonyl (C=O) groups is 1. The molecule has 0 aliphatic heterocycles. The van der Waals surface area contributed by atoms with E-state index in [1.807, 2.05) is 17.8 Å². The fourth-order valence-corrected chi connectivity index (χ4v) is 1.19. The highest BCUT2D eigenvalue weighted by atomic mass is 16.2. The summed E-state index contributed by atoms with van der Waals surface area (Å²) in [4.78, 5) is 16.9. The van der Waals surface area contributed by atoms with Gasteiger partial charge in [-0.15, -0.1) is 0 Å². The zero-order valence-corrected chi connectivity index (χ0v) is 9.53. The molecule has 1 aromatic rings. The lowest BCUT2D eigenvalue weighted by atomic mass is 10.3. The molecule has 0 atom stereocenters. The molecule has 84 valence electrons. The molecule has 5 nitrogen and oxygen atoms in total. The van der Waals surface area contributed by atoms with Crippen LogP contribution in [-0.4, -0.2) is 41.0 Å². The molecule has 0 saturated carbocycles. The van der Waals surface area contributed by atoms with Crippen LogP contribution in [0.1, 0.15) is 12.1 Å². The van der Waals surface area contributed by atoms with Gasteiger partial charge in [0.1, 0.15) is 0 Å². The lowest BCUT2D eigenvalue weighted by molar-refractivity contribution is -0.128. The van der Waals surface area contributed by atoms with E-state index in [0.29, 0.717) is 13.0 Å². The summed E-state index contributed by atoms with van der Waals surface area (Å²) < 4.78 is 1.96. The van der Waals surface area contributed by atoms with E-state index in [4.69, 9.17) is 0 Å². The summed E-state index contributed by atoms with van der Waals surface area (Å²) in [6, 6.07) is 0. The number of rotatable bonds is 5. The zero-order chi connectivity index (χ0) is 11.3. The van der Waals surface area contributed by atoms with Gasteiger partial charge in [0.05, 0.1) is 12.0 Å². The number of aryl methyl sites for hydroxylation is 1.